The standard InChI is InChI=1S/C22H21ClN2O5S/c1-15-8-10-17(11-9-15)31(28,29)20(19-7-4-12-30-19)14-25-22(27)21(26)24-13-16-5-2-3-6-18(16)23/h2-12,20H,13-14H2,1H3,(H,24,26)(H,25,27). The number of hydrogen-bond donors (Lipinski definition) is 2. The monoisotopic (exact) mass is 460 g/mol. The number of halogens is 1. The summed E-state index contributed by atoms with van der Waals surface area (Å²) in [5.74, 6) is -1.69. The summed E-state index contributed by atoms with van der Waals surface area (Å²) in [5, 5.41) is 4.13. The lowest BCUT2D eigenvalue weighted by Crippen LogP contribution is -2.42. The fourth-order valence-corrected chi connectivity index (χ4v) is 4.68. The van der Waals surface area contributed by atoms with Crippen molar-refractivity contribution < 1.29 is 22.4 Å². The number of amides is 2. The highest BCUT2D eigenvalue weighted by Crippen LogP contribution is 2.29. The highest BCUT2D eigenvalue weighted by atomic mass is 35.5. The highest BCUT2D eigenvalue weighted by Gasteiger charge is 2.32. The Bertz CT molecular complexity index is 1160. The maximum Gasteiger partial charge on any atom is 0.309 e. The summed E-state index contributed by atoms with van der Waals surface area (Å²) in [6.45, 7) is 1.58. The summed E-state index contributed by atoms with van der Waals surface area (Å²) in [7, 11) is -3.88. The Morgan fingerprint density at radius 3 is 2.29 bits per heavy atom. The molecule has 1 atom stereocenters. The van der Waals surface area contributed by atoms with E-state index in [1.54, 1.807) is 42.5 Å². The third-order valence-electron chi connectivity index (χ3n) is 4.64. The van der Waals surface area contributed by atoms with Crippen LogP contribution in [0.3, 0.4) is 0 Å². The molecule has 2 N–H and O–H groups in total. The first-order valence-electron chi connectivity index (χ1n) is 9.42. The van der Waals surface area contributed by atoms with E-state index < -0.39 is 26.9 Å². The van der Waals surface area contributed by atoms with Crippen LogP contribution in [0.4, 0.5) is 0 Å². The molecule has 2 aromatic carbocycles. The second kappa shape index (κ2) is 9.80. The Morgan fingerprint density at radius 1 is 0.968 bits per heavy atom. The van der Waals surface area contributed by atoms with Gasteiger partial charge in [0.15, 0.2) is 9.84 Å². The SMILES string of the molecule is Cc1ccc(S(=O)(=O)C(CNC(=O)C(=O)NCc2ccccc2Cl)c2ccco2)cc1. The molecule has 0 aliphatic carbocycles. The summed E-state index contributed by atoms with van der Waals surface area (Å²) >= 11 is 6.04. The molecule has 31 heavy (non-hydrogen) atoms. The van der Waals surface area contributed by atoms with Gasteiger partial charge in [0.1, 0.15) is 11.0 Å². The minimum Gasteiger partial charge on any atom is -0.468 e. The van der Waals surface area contributed by atoms with Crippen LogP contribution < -0.4 is 10.6 Å². The minimum absolute atomic E-state index is 0.0647. The van der Waals surface area contributed by atoms with Gasteiger partial charge in [-0.1, -0.05) is 47.5 Å². The first kappa shape index (κ1) is 22.6. The number of carbonyl (C=O) groups excluding carboxylic acids is 2. The fraction of sp³-hybridized carbons (Fsp3) is 0.182. The van der Waals surface area contributed by atoms with Crippen molar-refractivity contribution in [2.24, 2.45) is 0 Å². The number of hydrogen-bond acceptors (Lipinski definition) is 5. The van der Waals surface area contributed by atoms with Gasteiger partial charge < -0.3 is 15.1 Å². The molecule has 0 bridgehead atoms. The smallest absolute Gasteiger partial charge is 0.309 e. The predicted molar refractivity (Wildman–Crippen MR) is 116 cm³/mol. The maximum absolute atomic E-state index is 13.1. The number of carbonyl (C=O) groups is 2. The van der Waals surface area contributed by atoms with Gasteiger partial charge in [-0.25, -0.2) is 8.42 Å². The lowest BCUT2D eigenvalue weighted by Gasteiger charge is -2.17. The van der Waals surface area contributed by atoms with E-state index in [1.807, 2.05) is 6.92 Å². The van der Waals surface area contributed by atoms with Gasteiger partial charge in [-0.2, -0.15) is 0 Å². The number of benzene rings is 2. The lowest BCUT2D eigenvalue weighted by atomic mass is 10.2. The Morgan fingerprint density at radius 2 is 1.65 bits per heavy atom. The zero-order valence-corrected chi connectivity index (χ0v) is 18.2. The van der Waals surface area contributed by atoms with Gasteiger partial charge in [0.2, 0.25) is 0 Å². The van der Waals surface area contributed by atoms with Crippen molar-refractivity contribution in [3.8, 4) is 0 Å². The van der Waals surface area contributed by atoms with E-state index in [4.69, 9.17) is 16.0 Å². The quantitative estimate of drug-likeness (QED) is 0.527. The molecule has 0 aliphatic heterocycles. The average Bonchev–Trinajstić information content (AvgIpc) is 3.27. The van der Waals surface area contributed by atoms with E-state index in [2.05, 4.69) is 10.6 Å². The first-order chi connectivity index (χ1) is 14.8. The van der Waals surface area contributed by atoms with Gasteiger partial charge in [0.25, 0.3) is 0 Å². The van der Waals surface area contributed by atoms with Crippen molar-refractivity contribution in [2.45, 2.75) is 23.6 Å². The molecule has 3 aromatic rings. The molecule has 0 aliphatic rings. The Balaban J connectivity index is 1.69. The molecule has 9 heteroatoms. The highest BCUT2D eigenvalue weighted by molar-refractivity contribution is 7.91. The molecule has 0 saturated carbocycles. The number of rotatable bonds is 7. The molecule has 1 aromatic heterocycles. The minimum atomic E-state index is -3.88. The van der Waals surface area contributed by atoms with Gasteiger partial charge >= 0.3 is 11.8 Å². The van der Waals surface area contributed by atoms with Crippen molar-refractivity contribution in [3.63, 3.8) is 0 Å². The third kappa shape index (κ3) is 5.53. The summed E-state index contributed by atoms with van der Waals surface area (Å²) in [5.41, 5.74) is 1.57. The molecular formula is C22H21ClN2O5S. The van der Waals surface area contributed by atoms with Crippen molar-refractivity contribution in [1.82, 2.24) is 10.6 Å². The summed E-state index contributed by atoms with van der Waals surface area (Å²) < 4.78 is 31.6. The van der Waals surface area contributed by atoms with Gasteiger partial charge in [-0.05, 0) is 42.8 Å². The molecule has 1 unspecified atom stereocenters. The summed E-state index contributed by atoms with van der Waals surface area (Å²) in [4.78, 5) is 24.5. The first-order valence-corrected chi connectivity index (χ1v) is 11.3. The lowest BCUT2D eigenvalue weighted by molar-refractivity contribution is -0.139. The van der Waals surface area contributed by atoms with Gasteiger partial charge in [0.05, 0.1) is 11.2 Å². The van der Waals surface area contributed by atoms with Gasteiger partial charge in [0, 0.05) is 18.1 Å². The Labute approximate surface area is 185 Å². The number of nitrogens with one attached hydrogen (secondary N) is 2. The summed E-state index contributed by atoms with van der Waals surface area (Å²) in [6, 6.07) is 16.4. The van der Waals surface area contributed by atoms with Crippen LogP contribution in [0.1, 0.15) is 22.1 Å². The molecule has 3 rings (SSSR count). The second-order valence-electron chi connectivity index (χ2n) is 6.85. The van der Waals surface area contributed by atoms with E-state index in [1.165, 1.54) is 24.5 Å². The topological polar surface area (TPSA) is 105 Å². The molecule has 7 nitrogen and oxygen atoms in total. The second-order valence-corrected chi connectivity index (χ2v) is 9.38. The van der Waals surface area contributed by atoms with Crippen molar-refractivity contribution in [3.05, 3.63) is 88.8 Å². The normalized spacial score (nSPS) is 12.2. The van der Waals surface area contributed by atoms with Gasteiger partial charge in [-0.15, -0.1) is 0 Å². The zero-order chi connectivity index (χ0) is 22.4. The number of sulfone groups is 1. The van der Waals surface area contributed by atoms with Crippen LogP contribution in [0.15, 0.2) is 76.2 Å². The predicted octanol–water partition coefficient (Wildman–Crippen LogP) is 3.19. The van der Waals surface area contributed by atoms with Crippen LogP contribution in [0.5, 0.6) is 0 Å². The Kier molecular flexibility index (Phi) is 7.14. The molecule has 2 amide bonds. The van der Waals surface area contributed by atoms with E-state index >= 15 is 0 Å². The van der Waals surface area contributed by atoms with Crippen LogP contribution in [0, 0.1) is 6.92 Å². The van der Waals surface area contributed by atoms with Crippen LogP contribution in [-0.4, -0.2) is 26.8 Å². The van der Waals surface area contributed by atoms with E-state index in [0.29, 0.717) is 10.6 Å². The summed E-state index contributed by atoms with van der Waals surface area (Å²) in [6.07, 6.45) is 1.35. The largest absolute Gasteiger partial charge is 0.468 e. The molecule has 0 radical (unpaired) electrons. The van der Waals surface area contributed by atoms with E-state index in [0.717, 1.165) is 5.56 Å². The molecule has 0 fully saturated rings. The third-order valence-corrected chi connectivity index (χ3v) is 7.08. The molecule has 0 saturated heterocycles. The van der Waals surface area contributed by atoms with Crippen molar-refractivity contribution in [1.29, 1.82) is 0 Å². The van der Waals surface area contributed by atoms with Crippen molar-refractivity contribution in [2.75, 3.05) is 6.54 Å². The van der Waals surface area contributed by atoms with E-state index in [9.17, 15) is 18.0 Å². The molecule has 1 heterocycles. The maximum atomic E-state index is 13.1. The van der Waals surface area contributed by atoms with Crippen LogP contribution >= 0.6 is 11.6 Å². The van der Waals surface area contributed by atoms with Gasteiger partial charge in [-0.3, -0.25) is 9.59 Å². The Hall–Kier alpha value is -3.10. The average molecular weight is 461 g/mol. The van der Waals surface area contributed by atoms with Crippen LogP contribution in [0.25, 0.3) is 0 Å². The fourth-order valence-electron chi connectivity index (χ4n) is 2.89. The molecule has 0 spiro atoms. The van der Waals surface area contributed by atoms with Crippen LogP contribution in [-0.2, 0) is 26.0 Å². The van der Waals surface area contributed by atoms with Crippen LogP contribution in [0.2, 0.25) is 5.02 Å². The van der Waals surface area contributed by atoms with Crippen molar-refractivity contribution >= 4 is 33.3 Å². The molecular weight excluding hydrogens is 440 g/mol. The zero-order valence-electron chi connectivity index (χ0n) is 16.7. The number of aryl methyl sites for hydroxylation is 1. The van der Waals surface area contributed by atoms with E-state index in [-0.39, 0.29) is 23.7 Å². The number of furan rings is 1. The molecule has 162 valence electrons.